The van der Waals surface area contributed by atoms with E-state index in [2.05, 4.69) is 0 Å². The van der Waals surface area contributed by atoms with Gasteiger partial charge in [-0.15, -0.1) is 0 Å². The second-order valence-electron chi connectivity index (χ2n) is 5.01. The fourth-order valence-corrected chi connectivity index (χ4v) is 3.26. The maximum absolute atomic E-state index is 11.9. The van der Waals surface area contributed by atoms with E-state index in [0.717, 1.165) is 18.4 Å². The molecule has 1 saturated carbocycles. The van der Waals surface area contributed by atoms with Crippen molar-refractivity contribution in [1.82, 2.24) is 4.90 Å². The molecule has 0 spiro atoms. The molecule has 2 rings (SSSR count). The van der Waals surface area contributed by atoms with Crippen LogP contribution < -0.4 is 0 Å². The van der Waals surface area contributed by atoms with Gasteiger partial charge in [0.25, 0.3) is 0 Å². The summed E-state index contributed by atoms with van der Waals surface area (Å²) in [5, 5.41) is 0.490. The van der Waals surface area contributed by atoms with Crippen molar-refractivity contribution in [3.8, 4) is 0 Å². The van der Waals surface area contributed by atoms with Crippen molar-refractivity contribution >= 4 is 23.0 Å². The Balaban J connectivity index is 1.72. The van der Waals surface area contributed by atoms with Crippen molar-refractivity contribution in [2.75, 3.05) is 7.05 Å². The van der Waals surface area contributed by atoms with E-state index < -0.39 is 0 Å². The van der Waals surface area contributed by atoms with Crippen molar-refractivity contribution in [3.05, 3.63) is 35.9 Å². The molecule has 4 nitrogen and oxygen atoms in total. The summed E-state index contributed by atoms with van der Waals surface area (Å²) in [6.45, 7) is 1.87. The third-order valence-corrected chi connectivity index (χ3v) is 4.49. The number of carbonyl (C=O) groups is 2. The number of benzene rings is 1. The van der Waals surface area contributed by atoms with Gasteiger partial charge in [-0.05, 0) is 18.4 Å². The molecule has 0 radical (unpaired) electrons. The molecule has 1 aromatic carbocycles. The van der Waals surface area contributed by atoms with Crippen LogP contribution in [0, 0.1) is 0 Å². The molecular weight excluding hydrogens is 274 g/mol. The van der Waals surface area contributed by atoms with E-state index in [1.165, 1.54) is 11.8 Å². The van der Waals surface area contributed by atoms with Crippen LogP contribution in [0.3, 0.4) is 0 Å². The van der Waals surface area contributed by atoms with E-state index in [-0.39, 0.29) is 17.3 Å². The first-order chi connectivity index (χ1) is 9.56. The van der Waals surface area contributed by atoms with Gasteiger partial charge >= 0.3 is 6.09 Å². The molecule has 0 saturated heterocycles. The summed E-state index contributed by atoms with van der Waals surface area (Å²) in [5.74, 6) is 0. The Morgan fingerprint density at radius 1 is 1.30 bits per heavy atom. The average Bonchev–Trinajstić information content (AvgIpc) is 2.40. The molecule has 0 aliphatic heterocycles. The van der Waals surface area contributed by atoms with E-state index in [4.69, 9.17) is 4.74 Å². The molecule has 0 heterocycles. The molecule has 0 N–H and O–H groups in total. The van der Waals surface area contributed by atoms with Crippen LogP contribution in [-0.2, 0) is 16.1 Å². The molecule has 0 bridgehead atoms. The van der Waals surface area contributed by atoms with E-state index in [1.807, 2.05) is 30.3 Å². The molecule has 1 amide bonds. The zero-order chi connectivity index (χ0) is 14.5. The molecule has 1 aliphatic carbocycles. The standard InChI is InChI=1S/C15H19NO3S/c1-11(17)20-14-8-13(9-14)16(2)15(18)19-10-12-6-4-3-5-7-12/h3-7,13-14H,8-10H2,1-2H3. The number of ether oxygens (including phenoxy) is 1. The Labute approximate surface area is 123 Å². The van der Waals surface area contributed by atoms with Crippen LogP contribution in [-0.4, -0.2) is 34.4 Å². The summed E-state index contributed by atoms with van der Waals surface area (Å²) in [4.78, 5) is 24.5. The molecule has 1 aromatic rings. The lowest BCUT2D eigenvalue weighted by molar-refractivity contribution is -0.109. The first-order valence-corrected chi connectivity index (χ1v) is 7.55. The number of hydrogen-bond donors (Lipinski definition) is 0. The fourth-order valence-electron chi connectivity index (χ4n) is 2.16. The van der Waals surface area contributed by atoms with Gasteiger partial charge in [-0.1, -0.05) is 42.1 Å². The predicted octanol–water partition coefficient (Wildman–Crippen LogP) is 3.07. The van der Waals surface area contributed by atoms with Crippen LogP contribution in [0.15, 0.2) is 30.3 Å². The lowest BCUT2D eigenvalue weighted by atomic mass is 9.91. The monoisotopic (exact) mass is 293 g/mol. The number of amides is 1. The summed E-state index contributed by atoms with van der Waals surface area (Å²) < 4.78 is 5.28. The van der Waals surface area contributed by atoms with Crippen molar-refractivity contribution in [1.29, 1.82) is 0 Å². The van der Waals surface area contributed by atoms with Gasteiger partial charge in [0.1, 0.15) is 6.61 Å². The molecule has 5 heteroatoms. The Bertz CT molecular complexity index is 471. The van der Waals surface area contributed by atoms with Crippen LogP contribution in [0.2, 0.25) is 0 Å². The quantitative estimate of drug-likeness (QED) is 0.856. The van der Waals surface area contributed by atoms with Crippen molar-refractivity contribution in [3.63, 3.8) is 0 Å². The molecule has 1 fully saturated rings. The minimum atomic E-state index is -0.301. The lowest BCUT2D eigenvalue weighted by Gasteiger charge is -2.39. The van der Waals surface area contributed by atoms with Gasteiger partial charge in [0, 0.05) is 25.3 Å². The molecule has 0 aromatic heterocycles. The topological polar surface area (TPSA) is 46.6 Å². The highest BCUT2D eigenvalue weighted by Gasteiger charge is 2.35. The van der Waals surface area contributed by atoms with Gasteiger partial charge in [0.2, 0.25) is 0 Å². The van der Waals surface area contributed by atoms with Gasteiger partial charge in [0.05, 0.1) is 0 Å². The van der Waals surface area contributed by atoms with Gasteiger partial charge in [-0.2, -0.15) is 0 Å². The highest BCUT2D eigenvalue weighted by molar-refractivity contribution is 8.14. The largest absolute Gasteiger partial charge is 0.445 e. The minimum absolute atomic E-state index is 0.141. The van der Waals surface area contributed by atoms with E-state index in [1.54, 1.807) is 18.9 Å². The highest BCUT2D eigenvalue weighted by atomic mass is 32.2. The van der Waals surface area contributed by atoms with Gasteiger partial charge < -0.3 is 9.64 Å². The molecule has 0 unspecified atom stereocenters. The summed E-state index contributed by atoms with van der Waals surface area (Å²) in [7, 11) is 1.76. The van der Waals surface area contributed by atoms with Crippen LogP contribution in [0.25, 0.3) is 0 Å². The van der Waals surface area contributed by atoms with E-state index in [9.17, 15) is 9.59 Å². The van der Waals surface area contributed by atoms with Gasteiger partial charge in [0.15, 0.2) is 5.12 Å². The second-order valence-corrected chi connectivity index (χ2v) is 6.49. The van der Waals surface area contributed by atoms with Crippen LogP contribution >= 0.6 is 11.8 Å². The highest BCUT2D eigenvalue weighted by Crippen LogP contribution is 2.35. The second kappa shape index (κ2) is 6.79. The molecule has 20 heavy (non-hydrogen) atoms. The lowest BCUT2D eigenvalue weighted by Crippen LogP contribution is -2.47. The summed E-state index contributed by atoms with van der Waals surface area (Å²) >= 11 is 1.37. The van der Waals surface area contributed by atoms with Crippen molar-refractivity contribution in [2.24, 2.45) is 0 Å². The maximum atomic E-state index is 11.9. The molecule has 1 aliphatic rings. The van der Waals surface area contributed by atoms with Gasteiger partial charge in [-0.25, -0.2) is 4.79 Å². The average molecular weight is 293 g/mol. The fraction of sp³-hybridized carbons (Fsp3) is 0.467. The van der Waals surface area contributed by atoms with Crippen LogP contribution in [0.5, 0.6) is 0 Å². The first-order valence-electron chi connectivity index (χ1n) is 6.67. The third-order valence-electron chi connectivity index (χ3n) is 3.44. The molecular formula is C15H19NO3S. The van der Waals surface area contributed by atoms with E-state index in [0.29, 0.717) is 11.9 Å². The number of rotatable bonds is 4. The summed E-state index contributed by atoms with van der Waals surface area (Å²) in [6, 6.07) is 9.81. The third kappa shape index (κ3) is 4.00. The van der Waals surface area contributed by atoms with Gasteiger partial charge in [-0.3, -0.25) is 4.79 Å². The summed E-state index contributed by atoms with van der Waals surface area (Å²) in [6.07, 6.45) is 1.42. The Hall–Kier alpha value is -1.49. The maximum Gasteiger partial charge on any atom is 0.410 e. The zero-order valence-electron chi connectivity index (χ0n) is 11.7. The number of thioether (sulfide) groups is 1. The Morgan fingerprint density at radius 2 is 1.95 bits per heavy atom. The Morgan fingerprint density at radius 3 is 2.55 bits per heavy atom. The van der Waals surface area contributed by atoms with E-state index >= 15 is 0 Å². The van der Waals surface area contributed by atoms with Crippen molar-refractivity contribution in [2.45, 2.75) is 37.7 Å². The zero-order valence-corrected chi connectivity index (χ0v) is 12.6. The first kappa shape index (κ1) is 14.9. The van der Waals surface area contributed by atoms with Crippen molar-refractivity contribution < 1.29 is 14.3 Å². The number of carbonyl (C=O) groups excluding carboxylic acids is 2. The van der Waals surface area contributed by atoms with Crippen LogP contribution in [0.4, 0.5) is 4.79 Å². The summed E-state index contributed by atoms with van der Waals surface area (Å²) in [5.41, 5.74) is 0.980. The predicted molar refractivity (Wildman–Crippen MR) is 79.5 cm³/mol. The minimum Gasteiger partial charge on any atom is -0.445 e. The normalized spacial score (nSPS) is 20.9. The number of hydrogen-bond acceptors (Lipinski definition) is 4. The molecule has 0 atom stereocenters. The Kier molecular flexibility index (Phi) is 5.06. The SMILES string of the molecule is CC(=O)SC1CC(N(C)C(=O)OCc2ccccc2)C1. The smallest absolute Gasteiger partial charge is 0.410 e. The molecule has 108 valence electrons. The number of nitrogens with zero attached hydrogens (tertiary/aromatic N) is 1. The van der Waals surface area contributed by atoms with Crippen LogP contribution in [0.1, 0.15) is 25.3 Å².